The third-order valence-corrected chi connectivity index (χ3v) is 4.01. The first kappa shape index (κ1) is 18.9. The Kier molecular flexibility index (Phi) is 6.85. The fourth-order valence-corrected chi connectivity index (χ4v) is 2.75. The first-order valence-corrected chi connectivity index (χ1v) is 7.73. The van der Waals surface area contributed by atoms with Gasteiger partial charge in [-0.05, 0) is 29.9 Å². The largest absolute Gasteiger partial charge is 0.328 e. The molecule has 1 saturated heterocycles. The van der Waals surface area contributed by atoms with Crippen molar-refractivity contribution in [2.75, 3.05) is 25.0 Å². The molecule has 1 fully saturated rings. The lowest BCUT2D eigenvalue weighted by Crippen LogP contribution is -2.43. The van der Waals surface area contributed by atoms with Crippen LogP contribution in [-0.4, -0.2) is 36.5 Å². The van der Waals surface area contributed by atoms with E-state index >= 15 is 0 Å². The molecule has 1 aromatic carbocycles. The highest BCUT2D eigenvalue weighted by atomic mass is 35.5. The van der Waals surface area contributed by atoms with Gasteiger partial charge in [-0.25, -0.2) is 0 Å². The molecule has 0 aliphatic carbocycles. The van der Waals surface area contributed by atoms with Crippen molar-refractivity contribution < 1.29 is 4.79 Å². The van der Waals surface area contributed by atoms with E-state index in [0.29, 0.717) is 12.6 Å². The maximum Gasteiger partial charge on any atom is 0.238 e. The molecular formula is C17H28ClN3O. The summed E-state index contributed by atoms with van der Waals surface area (Å²) in [5.74, 6) is 0.0576. The van der Waals surface area contributed by atoms with Crippen molar-refractivity contribution >= 4 is 24.0 Å². The minimum absolute atomic E-state index is 0. The topological polar surface area (TPSA) is 58.4 Å². The summed E-state index contributed by atoms with van der Waals surface area (Å²) in [6, 6.07) is 8.33. The average molecular weight is 326 g/mol. The normalized spacial score (nSPS) is 16.9. The summed E-state index contributed by atoms with van der Waals surface area (Å²) in [5, 5.41) is 3.06. The Morgan fingerprint density at radius 1 is 1.27 bits per heavy atom. The van der Waals surface area contributed by atoms with E-state index in [4.69, 9.17) is 5.73 Å². The molecule has 0 spiro atoms. The van der Waals surface area contributed by atoms with Gasteiger partial charge in [0.25, 0.3) is 0 Å². The predicted molar refractivity (Wildman–Crippen MR) is 94.7 cm³/mol. The predicted octanol–water partition coefficient (Wildman–Crippen LogP) is 2.77. The van der Waals surface area contributed by atoms with E-state index < -0.39 is 0 Å². The maximum absolute atomic E-state index is 12.3. The third-order valence-electron chi connectivity index (χ3n) is 4.01. The zero-order valence-corrected chi connectivity index (χ0v) is 14.6. The lowest BCUT2D eigenvalue weighted by atomic mass is 9.86. The number of benzene rings is 1. The summed E-state index contributed by atoms with van der Waals surface area (Å²) >= 11 is 0. The monoisotopic (exact) mass is 325 g/mol. The fraction of sp³-hybridized carbons (Fsp3) is 0.588. The lowest BCUT2D eigenvalue weighted by molar-refractivity contribution is -0.117. The van der Waals surface area contributed by atoms with E-state index in [1.165, 1.54) is 5.56 Å². The van der Waals surface area contributed by atoms with Crippen molar-refractivity contribution in [3.63, 3.8) is 0 Å². The molecule has 0 saturated carbocycles. The maximum atomic E-state index is 12.3. The number of nitrogens with zero attached hydrogens (tertiary/aromatic N) is 1. The van der Waals surface area contributed by atoms with Crippen molar-refractivity contribution in [1.29, 1.82) is 0 Å². The summed E-state index contributed by atoms with van der Waals surface area (Å²) in [6.07, 6.45) is 1.96. The molecule has 124 valence electrons. The lowest BCUT2D eigenvalue weighted by Gasteiger charge is -2.29. The molecule has 1 aliphatic heterocycles. The van der Waals surface area contributed by atoms with Gasteiger partial charge in [0, 0.05) is 24.8 Å². The molecule has 4 nitrogen and oxygen atoms in total. The van der Waals surface area contributed by atoms with Gasteiger partial charge in [-0.15, -0.1) is 12.4 Å². The highest BCUT2D eigenvalue weighted by molar-refractivity contribution is 5.93. The summed E-state index contributed by atoms with van der Waals surface area (Å²) in [7, 11) is 0. The summed E-state index contributed by atoms with van der Waals surface area (Å²) in [5.41, 5.74) is 7.99. The van der Waals surface area contributed by atoms with Crippen molar-refractivity contribution in [1.82, 2.24) is 4.90 Å². The number of hydrogen-bond donors (Lipinski definition) is 2. The Bertz CT molecular complexity index is 491. The molecule has 0 radical (unpaired) electrons. The van der Waals surface area contributed by atoms with Gasteiger partial charge < -0.3 is 11.1 Å². The minimum Gasteiger partial charge on any atom is -0.328 e. The zero-order chi connectivity index (χ0) is 15.5. The van der Waals surface area contributed by atoms with Gasteiger partial charge in [-0.2, -0.15) is 0 Å². The first-order chi connectivity index (χ1) is 9.86. The number of carbonyl (C=O) groups excluding carboxylic acids is 1. The molecule has 0 aromatic heterocycles. The van der Waals surface area contributed by atoms with Crippen LogP contribution in [0.25, 0.3) is 0 Å². The second-order valence-electron chi connectivity index (χ2n) is 6.96. The van der Waals surface area contributed by atoms with Crippen LogP contribution in [-0.2, 0) is 10.2 Å². The minimum atomic E-state index is 0. The molecule has 0 unspecified atom stereocenters. The van der Waals surface area contributed by atoms with E-state index in [1.807, 2.05) is 18.2 Å². The quantitative estimate of drug-likeness (QED) is 0.898. The van der Waals surface area contributed by atoms with Gasteiger partial charge in [0.15, 0.2) is 0 Å². The Balaban J connectivity index is 0.00000242. The Hall–Kier alpha value is -1.10. The van der Waals surface area contributed by atoms with Gasteiger partial charge in [-0.1, -0.05) is 39.0 Å². The number of amides is 1. The summed E-state index contributed by atoms with van der Waals surface area (Å²) in [4.78, 5) is 14.4. The van der Waals surface area contributed by atoms with Crippen LogP contribution < -0.4 is 11.1 Å². The number of piperidine rings is 1. The van der Waals surface area contributed by atoms with Crippen molar-refractivity contribution in [2.45, 2.75) is 45.1 Å². The van der Waals surface area contributed by atoms with Gasteiger partial charge >= 0.3 is 0 Å². The van der Waals surface area contributed by atoms with Crippen LogP contribution in [0.4, 0.5) is 5.69 Å². The average Bonchev–Trinajstić information content (AvgIpc) is 2.41. The molecule has 1 amide bonds. The highest BCUT2D eigenvalue weighted by Gasteiger charge is 2.21. The number of carbonyl (C=O) groups is 1. The number of hydrogen-bond acceptors (Lipinski definition) is 3. The van der Waals surface area contributed by atoms with Crippen LogP contribution in [0.3, 0.4) is 0 Å². The number of anilines is 1. The van der Waals surface area contributed by atoms with Crippen LogP contribution in [0.15, 0.2) is 24.3 Å². The SMILES string of the molecule is CC(C)(C)c1ccccc1NC(=O)CN1CCC(N)CC1.Cl. The molecule has 0 bridgehead atoms. The number of rotatable bonds is 3. The molecule has 0 atom stereocenters. The Labute approximate surface area is 139 Å². The van der Waals surface area contributed by atoms with E-state index in [2.05, 4.69) is 37.1 Å². The standard InChI is InChI=1S/C17H27N3O.ClH/c1-17(2,3)14-6-4-5-7-15(14)19-16(21)12-20-10-8-13(18)9-11-20;/h4-7,13H,8-12,18H2,1-3H3,(H,19,21);1H. The van der Waals surface area contributed by atoms with Gasteiger partial charge in [0.1, 0.15) is 0 Å². The van der Waals surface area contributed by atoms with Crippen LogP contribution >= 0.6 is 12.4 Å². The molecule has 22 heavy (non-hydrogen) atoms. The Morgan fingerprint density at radius 3 is 2.45 bits per heavy atom. The van der Waals surface area contributed by atoms with Crippen molar-refractivity contribution in [2.24, 2.45) is 5.73 Å². The molecule has 1 heterocycles. The molecule has 3 N–H and O–H groups in total. The molecule has 1 aromatic rings. The summed E-state index contributed by atoms with van der Waals surface area (Å²) in [6.45, 7) is 8.74. The fourth-order valence-electron chi connectivity index (χ4n) is 2.75. The highest BCUT2D eigenvalue weighted by Crippen LogP contribution is 2.29. The number of halogens is 1. The molecule has 2 rings (SSSR count). The van der Waals surface area contributed by atoms with Gasteiger partial charge in [0.05, 0.1) is 6.54 Å². The number of para-hydroxylation sites is 1. The van der Waals surface area contributed by atoms with Crippen LogP contribution in [0.1, 0.15) is 39.2 Å². The summed E-state index contributed by atoms with van der Waals surface area (Å²) < 4.78 is 0. The smallest absolute Gasteiger partial charge is 0.238 e. The van der Waals surface area contributed by atoms with Crippen LogP contribution in [0.5, 0.6) is 0 Å². The Morgan fingerprint density at radius 2 is 1.86 bits per heavy atom. The third kappa shape index (κ3) is 5.27. The number of nitrogens with one attached hydrogen (secondary N) is 1. The van der Waals surface area contributed by atoms with E-state index in [0.717, 1.165) is 31.6 Å². The number of likely N-dealkylation sites (tertiary alicyclic amines) is 1. The van der Waals surface area contributed by atoms with Crippen LogP contribution in [0, 0.1) is 0 Å². The second-order valence-corrected chi connectivity index (χ2v) is 6.96. The number of nitrogens with two attached hydrogens (primary N) is 1. The molecule has 5 heteroatoms. The van der Waals surface area contributed by atoms with Crippen LogP contribution in [0.2, 0.25) is 0 Å². The molecule has 1 aliphatic rings. The van der Waals surface area contributed by atoms with Gasteiger partial charge in [0.2, 0.25) is 5.91 Å². The van der Waals surface area contributed by atoms with E-state index in [1.54, 1.807) is 0 Å². The first-order valence-electron chi connectivity index (χ1n) is 7.73. The van der Waals surface area contributed by atoms with E-state index in [9.17, 15) is 4.79 Å². The second kappa shape index (κ2) is 7.95. The van der Waals surface area contributed by atoms with Gasteiger partial charge in [-0.3, -0.25) is 9.69 Å². The van der Waals surface area contributed by atoms with Crippen molar-refractivity contribution in [3.8, 4) is 0 Å². The zero-order valence-electron chi connectivity index (χ0n) is 13.8. The van der Waals surface area contributed by atoms with E-state index in [-0.39, 0.29) is 23.7 Å². The van der Waals surface area contributed by atoms with Crippen molar-refractivity contribution in [3.05, 3.63) is 29.8 Å². The molecular weight excluding hydrogens is 298 g/mol.